The van der Waals surface area contributed by atoms with E-state index in [1.165, 1.54) is 5.56 Å². The molecule has 0 spiro atoms. The van der Waals surface area contributed by atoms with Gasteiger partial charge in [0.2, 0.25) is 0 Å². The monoisotopic (exact) mass is 438 g/mol. The molecule has 0 N–H and O–H groups in total. The lowest BCUT2D eigenvalue weighted by atomic mass is 10.1. The Morgan fingerprint density at radius 3 is 2.64 bits per heavy atom. The van der Waals surface area contributed by atoms with Gasteiger partial charge < -0.3 is 13.8 Å². The smallest absolute Gasteiger partial charge is 0.258 e. The fraction of sp³-hybridized carbons (Fsp3) is 0.190. The maximum absolute atomic E-state index is 5.55. The number of ether oxygens (including phenoxy) is 1. The molecule has 0 unspecified atom stereocenters. The van der Waals surface area contributed by atoms with Crippen molar-refractivity contribution in [1.29, 1.82) is 0 Å². The number of methoxy groups -OCH3 is 1. The Morgan fingerprint density at radius 1 is 1.11 bits per heavy atom. The van der Waals surface area contributed by atoms with Gasteiger partial charge in [-0.25, -0.2) is 4.98 Å². The first-order valence-corrected chi connectivity index (χ1v) is 9.68. The minimum atomic E-state index is 0.484. The fourth-order valence-corrected chi connectivity index (χ4v) is 3.22. The summed E-state index contributed by atoms with van der Waals surface area (Å²) in [4.78, 5) is 8.80. The molecule has 0 radical (unpaired) electrons. The molecule has 2 heterocycles. The number of nitrogens with zero attached hydrogens (tertiary/aromatic N) is 4. The second kappa shape index (κ2) is 7.98. The number of aromatic nitrogens is 4. The third kappa shape index (κ3) is 3.99. The van der Waals surface area contributed by atoms with E-state index in [0.29, 0.717) is 23.9 Å². The van der Waals surface area contributed by atoms with E-state index in [-0.39, 0.29) is 0 Å². The Hall–Kier alpha value is -2.93. The van der Waals surface area contributed by atoms with Gasteiger partial charge >= 0.3 is 0 Å². The average Bonchev–Trinajstić information content (AvgIpc) is 3.36. The van der Waals surface area contributed by atoms with Crippen LogP contribution in [0.15, 0.2) is 64.0 Å². The van der Waals surface area contributed by atoms with Crippen molar-refractivity contribution in [3.63, 3.8) is 0 Å². The van der Waals surface area contributed by atoms with Crippen LogP contribution in [-0.4, -0.2) is 26.8 Å². The van der Waals surface area contributed by atoms with Gasteiger partial charge in [-0.1, -0.05) is 33.2 Å². The van der Waals surface area contributed by atoms with Gasteiger partial charge in [-0.2, -0.15) is 4.98 Å². The topological polar surface area (TPSA) is 66.0 Å². The molecule has 142 valence electrons. The SMILES string of the molecule is COc1cc(-c2nc(CCc3ccc(Br)cc3)no2)ccc1-n1cnc(C)c1. The van der Waals surface area contributed by atoms with Crippen LogP contribution in [0.4, 0.5) is 0 Å². The molecule has 0 aliphatic rings. The van der Waals surface area contributed by atoms with Crippen LogP contribution in [-0.2, 0) is 12.8 Å². The molecule has 0 bridgehead atoms. The Labute approximate surface area is 171 Å². The van der Waals surface area contributed by atoms with Crippen molar-refractivity contribution in [2.75, 3.05) is 7.11 Å². The first kappa shape index (κ1) is 18.4. The van der Waals surface area contributed by atoms with Crippen molar-refractivity contribution in [2.24, 2.45) is 0 Å². The molecule has 6 nitrogen and oxygen atoms in total. The van der Waals surface area contributed by atoms with E-state index < -0.39 is 0 Å². The molecule has 2 aromatic heterocycles. The second-order valence-electron chi connectivity index (χ2n) is 6.45. The predicted molar refractivity (Wildman–Crippen MR) is 110 cm³/mol. The summed E-state index contributed by atoms with van der Waals surface area (Å²) >= 11 is 3.45. The summed E-state index contributed by atoms with van der Waals surface area (Å²) in [5.74, 6) is 1.88. The highest BCUT2D eigenvalue weighted by atomic mass is 79.9. The molecule has 4 aromatic rings. The molecular formula is C21H19BrN4O2. The average molecular weight is 439 g/mol. The molecule has 7 heteroatoms. The first-order valence-electron chi connectivity index (χ1n) is 8.89. The maximum Gasteiger partial charge on any atom is 0.258 e. The van der Waals surface area contributed by atoms with Gasteiger partial charge in [0.1, 0.15) is 5.75 Å². The number of hydrogen-bond acceptors (Lipinski definition) is 5. The standard InChI is InChI=1S/C21H19BrN4O2/c1-14-12-26(13-23-14)18-9-6-16(11-19(18)27-2)21-24-20(25-28-21)10-5-15-3-7-17(22)8-4-15/h3-4,6-9,11-13H,5,10H2,1-2H3. The Bertz CT molecular complexity index is 1090. The normalized spacial score (nSPS) is 11.0. The van der Waals surface area contributed by atoms with Crippen molar-refractivity contribution < 1.29 is 9.26 Å². The number of aryl methyl sites for hydroxylation is 3. The van der Waals surface area contributed by atoms with Crippen molar-refractivity contribution in [2.45, 2.75) is 19.8 Å². The summed E-state index contributed by atoms with van der Waals surface area (Å²) in [5.41, 5.74) is 3.90. The maximum atomic E-state index is 5.55. The van der Waals surface area contributed by atoms with Crippen molar-refractivity contribution in [1.82, 2.24) is 19.7 Å². The molecular weight excluding hydrogens is 420 g/mol. The molecule has 0 amide bonds. The summed E-state index contributed by atoms with van der Waals surface area (Å²) in [6.07, 6.45) is 5.29. The van der Waals surface area contributed by atoms with Crippen molar-refractivity contribution in [3.8, 4) is 22.9 Å². The van der Waals surface area contributed by atoms with E-state index in [0.717, 1.165) is 27.8 Å². The lowest BCUT2D eigenvalue weighted by Gasteiger charge is -2.09. The lowest BCUT2D eigenvalue weighted by Crippen LogP contribution is -1.96. The summed E-state index contributed by atoms with van der Waals surface area (Å²) in [7, 11) is 1.64. The van der Waals surface area contributed by atoms with E-state index in [4.69, 9.17) is 9.26 Å². The highest BCUT2D eigenvalue weighted by Crippen LogP contribution is 2.29. The highest BCUT2D eigenvalue weighted by Gasteiger charge is 2.13. The number of benzene rings is 2. The van der Waals surface area contributed by atoms with Gasteiger partial charge in [-0.05, 0) is 49.2 Å². The molecule has 2 aromatic carbocycles. The quantitative estimate of drug-likeness (QED) is 0.432. The summed E-state index contributed by atoms with van der Waals surface area (Å²) < 4.78 is 14.0. The summed E-state index contributed by atoms with van der Waals surface area (Å²) in [6.45, 7) is 1.95. The van der Waals surface area contributed by atoms with E-state index in [1.807, 2.05) is 48.0 Å². The van der Waals surface area contributed by atoms with E-state index in [2.05, 4.69) is 43.2 Å². The lowest BCUT2D eigenvalue weighted by molar-refractivity contribution is 0.410. The minimum absolute atomic E-state index is 0.484. The zero-order valence-electron chi connectivity index (χ0n) is 15.6. The van der Waals surface area contributed by atoms with Gasteiger partial charge in [-0.15, -0.1) is 0 Å². The number of rotatable bonds is 6. The molecule has 0 saturated carbocycles. The zero-order chi connectivity index (χ0) is 19.5. The van der Waals surface area contributed by atoms with Crippen molar-refractivity contribution in [3.05, 3.63) is 76.5 Å². The van der Waals surface area contributed by atoms with Crippen LogP contribution in [0.25, 0.3) is 17.1 Å². The highest BCUT2D eigenvalue weighted by molar-refractivity contribution is 9.10. The Balaban J connectivity index is 1.52. The second-order valence-corrected chi connectivity index (χ2v) is 7.37. The van der Waals surface area contributed by atoms with Crippen LogP contribution in [0.5, 0.6) is 5.75 Å². The predicted octanol–water partition coefficient (Wildman–Crippen LogP) is 4.79. The Kier molecular flexibility index (Phi) is 5.25. The molecule has 28 heavy (non-hydrogen) atoms. The minimum Gasteiger partial charge on any atom is -0.495 e. The molecule has 4 rings (SSSR count). The van der Waals surface area contributed by atoms with E-state index in [1.54, 1.807) is 13.4 Å². The van der Waals surface area contributed by atoms with Gasteiger partial charge in [0.05, 0.1) is 24.8 Å². The summed E-state index contributed by atoms with van der Waals surface area (Å²) in [6, 6.07) is 14.1. The van der Waals surface area contributed by atoms with Crippen LogP contribution in [0, 0.1) is 6.92 Å². The van der Waals surface area contributed by atoms with Crippen molar-refractivity contribution >= 4 is 15.9 Å². The molecule has 0 aliphatic heterocycles. The van der Waals surface area contributed by atoms with Gasteiger partial charge in [0.25, 0.3) is 5.89 Å². The van der Waals surface area contributed by atoms with E-state index in [9.17, 15) is 0 Å². The molecule has 0 fully saturated rings. The number of hydrogen-bond donors (Lipinski definition) is 0. The van der Waals surface area contributed by atoms with Gasteiger partial charge in [0.15, 0.2) is 5.82 Å². The molecule has 0 saturated heterocycles. The largest absolute Gasteiger partial charge is 0.495 e. The number of halogens is 1. The third-order valence-corrected chi connectivity index (χ3v) is 4.96. The third-order valence-electron chi connectivity index (χ3n) is 4.44. The van der Waals surface area contributed by atoms with Crippen LogP contribution in [0.1, 0.15) is 17.1 Å². The zero-order valence-corrected chi connectivity index (χ0v) is 17.2. The van der Waals surface area contributed by atoms with Gasteiger partial charge in [-0.3, -0.25) is 0 Å². The molecule has 0 aliphatic carbocycles. The van der Waals surface area contributed by atoms with Crippen LogP contribution in [0.2, 0.25) is 0 Å². The van der Waals surface area contributed by atoms with Crippen LogP contribution >= 0.6 is 15.9 Å². The summed E-state index contributed by atoms with van der Waals surface area (Å²) in [5, 5.41) is 4.11. The molecule has 0 atom stereocenters. The van der Waals surface area contributed by atoms with Gasteiger partial charge in [0, 0.05) is 22.7 Å². The first-order chi connectivity index (χ1) is 13.6. The Morgan fingerprint density at radius 2 is 1.93 bits per heavy atom. The van der Waals surface area contributed by atoms with E-state index >= 15 is 0 Å². The van der Waals surface area contributed by atoms with Crippen LogP contribution in [0.3, 0.4) is 0 Å². The fourth-order valence-electron chi connectivity index (χ4n) is 2.96. The number of imidazole rings is 1. The van der Waals surface area contributed by atoms with Crippen LogP contribution < -0.4 is 4.74 Å².